The van der Waals surface area contributed by atoms with Crippen molar-refractivity contribution in [1.82, 2.24) is 9.55 Å². The highest BCUT2D eigenvalue weighted by Crippen LogP contribution is 2.25. The van der Waals surface area contributed by atoms with Crippen molar-refractivity contribution in [3.8, 4) is 5.69 Å². The molecule has 0 unspecified atom stereocenters. The minimum atomic E-state index is -1.00. The average Bonchev–Trinajstić information content (AvgIpc) is 2.76. The monoisotopic (exact) mass is 348 g/mol. The Morgan fingerprint density at radius 3 is 2.71 bits per heavy atom. The summed E-state index contributed by atoms with van der Waals surface area (Å²) >= 11 is 3.12. The first-order valence-corrected chi connectivity index (χ1v) is 6.94. The van der Waals surface area contributed by atoms with Gasteiger partial charge in [-0.1, -0.05) is 0 Å². The molecule has 0 saturated heterocycles. The van der Waals surface area contributed by atoms with Gasteiger partial charge in [-0.3, -0.25) is 4.57 Å². The number of hydrogen-bond acceptors (Lipinski definition) is 2. The van der Waals surface area contributed by atoms with Crippen molar-refractivity contribution >= 4 is 32.9 Å². The molecule has 0 saturated carbocycles. The van der Waals surface area contributed by atoms with Gasteiger partial charge in [0.2, 0.25) is 0 Å². The van der Waals surface area contributed by atoms with Gasteiger partial charge in [-0.2, -0.15) is 0 Å². The van der Waals surface area contributed by atoms with Gasteiger partial charge in [-0.25, -0.2) is 14.2 Å². The van der Waals surface area contributed by atoms with Gasteiger partial charge in [0, 0.05) is 0 Å². The van der Waals surface area contributed by atoms with E-state index in [4.69, 9.17) is 5.11 Å². The number of rotatable bonds is 2. The molecule has 6 heteroatoms. The van der Waals surface area contributed by atoms with E-state index >= 15 is 0 Å². The fourth-order valence-corrected chi connectivity index (χ4v) is 2.53. The molecule has 2 aromatic carbocycles. The number of aromatic carboxylic acids is 1. The number of aromatic nitrogens is 2. The van der Waals surface area contributed by atoms with Crippen molar-refractivity contribution < 1.29 is 14.3 Å². The number of benzene rings is 2. The molecular weight excluding hydrogens is 339 g/mol. The number of aryl methyl sites for hydroxylation is 1. The molecule has 1 N–H and O–H groups in total. The Kier molecular flexibility index (Phi) is 3.25. The lowest BCUT2D eigenvalue weighted by Gasteiger charge is -2.07. The third kappa shape index (κ3) is 2.31. The Morgan fingerprint density at radius 2 is 2.05 bits per heavy atom. The van der Waals surface area contributed by atoms with Crippen LogP contribution in [0.4, 0.5) is 4.39 Å². The predicted molar refractivity (Wildman–Crippen MR) is 80.4 cm³/mol. The summed E-state index contributed by atoms with van der Waals surface area (Å²) in [6.07, 6.45) is 0. The second kappa shape index (κ2) is 4.96. The SMILES string of the molecule is Cc1nc2cc(C(=O)O)ccc2n1-c1ccc(Br)c(F)c1. The van der Waals surface area contributed by atoms with E-state index in [1.807, 2.05) is 0 Å². The van der Waals surface area contributed by atoms with Gasteiger partial charge in [0.05, 0.1) is 26.8 Å². The normalized spacial score (nSPS) is 11.0. The van der Waals surface area contributed by atoms with Crippen molar-refractivity contribution in [2.24, 2.45) is 0 Å². The third-order valence-electron chi connectivity index (χ3n) is 3.23. The molecule has 1 heterocycles. The van der Waals surface area contributed by atoms with E-state index in [1.54, 1.807) is 29.7 Å². The van der Waals surface area contributed by atoms with E-state index in [0.29, 0.717) is 21.5 Å². The summed E-state index contributed by atoms with van der Waals surface area (Å²) < 4.78 is 15.9. The largest absolute Gasteiger partial charge is 0.478 e. The lowest BCUT2D eigenvalue weighted by atomic mass is 10.2. The third-order valence-corrected chi connectivity index (χ3v) is 3.87. The van der Waals surface area contributed by atoms with Gasteiger partial charge >= 0.3 is 5.97 Å². The molecule has 3 aromatic rings. The number of carboxylic acids is 1. The van der Waals surface area contributed by atoms with Crippen molar-refractivity contribution in [3.63, 3.8) is 0 Å². The van der Waals surface area contributed by atoms with E-state index in [-0.39, 0.29) is 11.4 Å². The van der Waals surface area contributed by atoms with E-state index in [1.165, 1.54) is 18.2 Å². The second-order valence-corrected chi connectivity index (χ2v) is 5.46. The molecule has 0 aliphatic heterocycles. The van der Waals surface area contributed by atoms with Gasteiger partial charge in [-0.15, -0.1) is 0 Å². The van der Waals surface area contributed by atoms with E-state index in [2.05, 4.69) is 20.9 Å². The molecule has 21 heavy (non-hydrogen) atoms. The summed E-state index contributed by atoms with van der Waals surface area (Å²) in [6.45, 7) is 1.79. The van der Waals surface area contributed by atoms with Gasteiger partial charge in [0.25, 0.3) is 0 Å². The van der Waals surface area contributed by atoms with Crippen LogP contribution in [0, 0.1) is 12.7 Å². The Morgan fingerprint density at radius 1 is 1.29 bits per heavy atom. The fourth-order valence-electron chi connectivity index (χ4n) is 2.28. The summed E-state index contributed by atoms with van der Waals surface area (Å²) in [5, 5.41) is 9.01. The Balaban J connectivity index is 2.25. The van der Waals surface area contributed by atoms with Gasteiger partial charge in [-0.05, 0) is 59.3 Å². The van der Waals surface area contributed by atoms with Crippen LogP contribution < -0.4 is 0 Å². The zero-order valence-electron chi connectivity index (χ0n) is 11.0. The molecule has 0 radical (unpaired) electrons. The van der Waals surface area contributed by atoms with Crippen molar-refractivity contribution in [2.75, 3.05) is 0 Å². The van der Waals surface area contributed by atoms with Gasteiger partial charge in [0.1, 0.15) is 11.6 Å². The van der Waals surface area contributed by atoms with Crippen LogP contribution in [-0.4, -0.2) is 20.6 Å². The van der Waals surface area contributed by atoms with E-state index in [0.717, 1.165) is 5.52 Å². The van der Waals surface area contributed by atoms with Crippen molar-refractivity contribution in [2.45, 2.75) is 6.92 Å². The van der Waals surface area contributed by atoms with Crippen LogP contribution in [0.5, 0.6) is 0 Å². The molecule has 1 aromatic heterocycles. The van der Waals surface area contributed by atoms with Crippen LogP contribution >= 0.6 is 15.9 Å². The molecular formula is C15H10BrFN2O2. The van der Waals surface area contributed by atoms with Gasteiger partial charge in [0.15, 0.2) is 0 Å². The molecule has 0 bridgehead atoms. The highest BCUT2D eigenvalue weighted by Gasteiger charge is 2.13. The van der Waals surface area contributed by atoms with E-state index < -0.39 is 5.97 Å². The summed E-state index contributed by atoms with van der Waals surface area (Å²) in [7, 11) is 0. The molecule has 0 fully saturated rings. The topological polar surface area (TPSA) is 55.1 Å². The highest BCUT2D eigenvalue weighted by atomic mass is 79.9. The minimum Gasteiger partial charge on any atom is -0.478 e. The second-order valence-electron chi connectivity index (χ2n) is 4.60. The molecule has 106 valence electrons. The number of nitrogens with zero attached hydrogens (tertiary/aromatic N) is 2. The van der Waals surface area contributed by atoms with Crippen LogP contribution in [0.15, 0.2) is 40.9 Å². The van der Waals surface area contributed by atoms with Crippen molar-refractivity contribution in [3.05, 3.63) is 58.1 Å². The molecule has 0 amide bonds. The Bertz CT molecular complexity index is 873. The van der Waals surface area contributed by atoms with Crippen LogP contribution in [0.3, 0.4) is 0 Å². The van der Waals surface area contributed by atoms with E-state index in [9.17, 15) is 9.18 Å². The molecule has 0 atom stereocenters. The highest BCUT2D eigenvalue weighted by molar-refractivity contribution is 9.10. The van der Waals surface area contributed by atoms with Crippen LogP contribution in [-0.2, 0) is 0 Å². The number of carboxylic acid groups (broad SMARTS) is 1. The molecule has 4 nitrogen and oxygen atoms in total. The maximum atomic E-state index is 13.7. The average molecular weight is 349 g/mol. The smallest absolute Gasteiger partial charge is 0.335 e. The number of imidazole rings is 1. The number of fused-ring (bicyclic) bond motifs is 1. The lowest BCUT2D eigenvalue weighted by molar-refractivity contribution is 0.0697. The first-order chi connectivity index (χ1) is 9.97. The Labute approximate surface area is 128 Å². The first-order valence-electron chi connectivity index (χ1n) is 6.15. The molecule has 0 aliphatic rings. The summed E-state index contributed by atoms with van der Waals surface area (Å²) in [4.78, 5) is 15.3. The van der Waals surface area contributed by atoms with Crippen LogP contribution in [0.2, 0.25) is 0 Å². The summed E-state index contributed by atoms with van der Waals surface area (Å²) in [5.41, 5.74) is 2.11. The number of halogens is 2. The number of hydrogen-bond donors (Lipinski definition) is 1. The quantitative estimate of drug-likeness (QED) is 0.763. The minimum absolute atomic E-state index is 0.175. The molecule has 3 rings (SSSR count). The standard InChI is InChI=1S/C15H10BrFN2O2/c1-8-18-13-6-9(15(20)21)2-5-14(13)19(8)10-3-4-11(16)12(17)7-10/h2-7H,1H3,(H,20,21). The van der Waals surface area contributed by atoms with Crippen LogP contribution in [0.25, 0.3) is 16.7 Å². The van der Waals surface area contributed by atoms with Crippen molar-refractivity contribution in [1.29, 1.82) is 0 Å². The Hall–Kier alpha value is -2.21. The maximum absolute atomic E-state index is 13.7. The van der Waals surface area contributed by atoms with Gasteiger partial charge < -0.3 is 5.11 Å². The molecule has 0 aliphatic carbocycles. The maximum Gasteiger partial charge on any atom is 0.335 e. The zero-order valence-corrected chi connectivity index (χ0v) is 12.6. The first kappa shape index (κ1) is 13.8. The van der Waals surface area contributed by atoms with Crippen LogP contribution in [0.1, 0.15) is 16.2 Å². The summed E-state index contributed by atoms with van der Waals surface area (Å²) in [6, 6.07) is 9.50. The lowest BCUT2D eigenvalue weighted by Crippen LogP contribution is -1.98. The summed E-state index contributed by atoms with van der Waals surface area (Å²) in [5.74, 6) is -0.705. The zero-order chi connectivity index (χ0) is 15.1. The number of carbonyl (C=O) groups is 1. The molecule has 0 spiro atoms. The predicted octanol–water partition coefficient (Wildman–Crippen LogP) is 3.93. The fraction of sp³-hybridized carbons (Fsp3) is 0.0667.